The predicted octanol–water partition coefficient (Wildman–Crippen LogP) is 2.27. The molecule has 0 saturated carbocycles. The Morgan fingerprint density at radius 3 is 2.75 bits per heavy atom. The minimum atomic E-state index is -0.536. The first-order chi connectivity index (χ1) is 5.65. The van der Waals surface area contributed by atoms with Crippen LogP contribution >= 0.6 is 34.5 Å². The second kappa shape index (κ2) is 3.76. The van der Waals surface area contributed by atoms with Crippen molar-refractivity contribution in [2.75, 3.05) is 0 Å². The van der Waals surface area contributed by atoms with E-state index in [4.69, 9.17) is 28.5 Å². The molecule has 12 heavy (non-hydrogen) atoms. The minimum absolute atomic E-state index is 0.230. The van der Waals surface area contributed by atoms with Crippen molar-refractivity contribution in [1.29, 1.82) is 5.26 Å². The average molecular weight is 221 g/mol. The second-order valence-electron chi connectivity index (χ2n) is 1.80. The molecule has 1 amide bonds. The van der Waals surface area contributed by atoms with Crippen LogP contribution in [0.2, 0.25) is 8.67 Å². The third-order valence-electron chi connectivity index (χ3n) is 1.07. The number of amides is 1. The van der Waals surface area contributed by atoms with E-state index >= 15 is 0 Å². The van der Waals surface area contributed by atoms with Gasteiger partial charge in [-0.15, -0.1) is 11.3 Å². The smallest absolute Gasteiger partial charge is 0.266 e. The van der Waals surface area contributed by atoms with Gasteiger partial charge in [-0.05, 0) is 6.07 Å². The van der Waals surface area contributed by atoms with Crippen LogP contribution < -0.4 is 5.32 Å². The first-order valence-electron chi connectivity index (χ1n) is 2.79. The highest BCUT2D eigenvalue weighted by atomic mass is 35.5. The molecule has 0 aliphatic carbocycles. The molecule has 1 heterocycles. The van der Waals surface area contributed by atoms with E-state index in [9.17, 15) is 4.79 Å². The van der Waals surface area contributed by atoms with Gasteiger partial charge in [0.15, 0.2) is 6.19 Å². The molecular formula is C6H2Cl2N2OS. The first kappa shape index (κ1) is 9.33. The molecule has 1 aromatic heterocycles. The molecule has 0 aliphatic heterocycles. The fourth-order valence-corrected chi connectivity index (χ4v) is 2.07. The average Bonchev–Trinajstić information content (AvgIpc) is 2.30. The van der Waals surface area contributed by atoms with Crippen molar-refractivity contribution in [2.24, 2.45) is 0 Å². The van der Waals surface area contributed by atoms with Gasteiger partial charge in [-0.3, -0.25) is 10.1 Å². The molecule has 0 spiro atoms. The molecular weight excluding hydrogens is 219 g/mol. The Labute approximate surface area is 82.5 Å². The first-order valence-corrected chi connectivity index (χ1v) is 4.36. The number of carbonyl (C=O) groups excluding carboxylic acids is 1. The Balaban J connectivity index is 2.96. The van der Waals surface area contributed by atoms with Gasteiger partial charge in [0.2, 0.25) is 0 Å². The lowest BCUT2D eigenvalue weighted by molar-refractivity contribution is 0.0973. The van der Waals surface area contributed by atoms with Gasteiger partial charge in [-0.2, -0.15) is 5.26 Å². The Morgan fingerprint density at radius 1 is 1.67 bits per heavy atom. The Morgan fingerprint density at radius 2 is 2.33 bits per heavy atom. The summed E-state index contributed by atoms with van der Waals surface area (Å²) in [5.41, 5.74) is 0.230. The van der Waals surface area contributed by atoms with Gasteiger partial charge in [-0.1, -0.05) is 23.2 Å². The summed E-state index contributed by atoms with van der Waals surface area (Å²) in [5.74, 6) is -0.536. The number of nitriles is 1. The fraction of sp³-hybridized carbons (Fsp3) is 0. The summed E-state index contributed by atoms with van der Waals surface area (Å²) < 4.78 is 0.704. The van der Waals surface area contributed by atoms with Gasteiger partial charge < -0.3 is 0 Å². The van der Waals surface area contributed by atoms with Gasteiger partial charge in [0.25, 0.3) is 5.91 Å². The van der Waals surface area contributed by atoms with Gasteiger partial charge in [0, 0.05) is 0 Å². The molecule has 0 aliphatic rings. The summed E-state index contributed by atoms with van der Waals surface area (Å²) in [6, 6.07) is 1.42. The molecule has 3 nitrogen and oxygen atoms in total. The molecule has 0 saturated heterocycles. The predicted molar refractivity (Wildman–Crippen MR) is 47.4 cm³/mol. The second-order valence-corrected chi connectivity index (χ2v) is 4.09. The van der Waals surface area contributed by atoms with Crippen molar-refractivity contribution in [2.45, 2.75) is 0 Å². The normalized spacial score (nSPS) is 9.08. The van der Waals surface area contributed by atoms with Crippen LogP contribution in [0, 0.1) is 11.5 Å². The Hall–Kier alpha value is -0.760. The van der Waals surface area contributed by atoms with Crippen LogP contribution in [-0.2, 0) is 0 Å². The summed E-state index contributed by atoms with van der Waals surface area (Å²) in [6.45, 7) is 0. The third-order valence-corrected chi connectivity index (χ3v) is 2.56. The van der Waals surface area contributed by atoms with E-state index < -0.39 is 5.91 Å². The maximum atomic E-state index is 11.0. The summed E-state index contributed by atoms with van der Waals surface area (Å²) in [7, 11) is 0. The molecule has 0 atom stereocenters. The Bertz CT molecular complexity index is 355. The zero-order valence-electron chi connectivity index (χ0n) is 5.60. The van der Waals surface area contributed by atoms with Crippen LogP contribution in [0.3, 0.4) is 0 Å². The fourth-order valence-electron chi connectivity index (χ4n) is 0.613. The summed E-state index contributed by atoms with van der Waals surface area (Å²) in [6.07, 6.45) is 1.51. The summed E-state index contributed by atoms with van der Waals surface area (Å²) >= 11 is 12.3. The monoisotopic (exact) mass is 220 g/mol. The van der Waals surface area contributed by atoms with E-state index in [1.165, 1.54) is 12.3 Å². The minimum Gasteiger partial charge on any atom is -0.268 e. The lowest BCUT2D eigenvalue weighted by atomic mass is 10.3. The molecule has 1 aromatic rings. The number of thiophene rings is 1. The van der Waals surface area contributed by atoms with E-state index in [0.29, 0.717) is 4.34 Å². The SMILES string of the molecule is N#CNC(=O)c1cc(Cl)sc1Cl. The van der Waals surface area contributed by atoms with Crippen molar-refractivity contribution in [3.63, 3.8) is 0 Å². The lowest BCUT2D eigenvalue weighted by Gasteiger charge is -1.91. The molecule has 6 heteroatoms. The van der Waals surface area contributed by atoms with Crippen molar-refractivity contribution < 1.29 is 4.79 Å². The van der Waals surface area contributed by atoms with E-state index in [1.54, 1.807) is 0 Å². The highest BCUT2D eigenvalue weighted by Crippen LogP contribution is 2.30. The number of hydrogen-bond donors (Lipinski definition) is 1. The number of nitrogens with zero attached hydrogens (tertiary/aromatic N) is 1. The molecule has 1 N–H and O–H groups in total. The number of halogens is 2. The molecule has 0 bridgehead atoms. The van der Waals surface area contributed by atoms with Gasteiger partial charge >= 0.3 is 0 Å². The summed E-state index contributed by atoms with van der Waals surface area (Å²) in [5, 5.41) is 10.1. The van der Waals surface area contributed by atoms with Crippen LogP contribution in [0.1, 0.15) is 10.4 Å². The molecule has 0 fully saturated rings. The molecule has 62 valence electrons. The highest BCUT2D eigenvalue weighted by Gasteiger charge is 2.12. The maximum absolute atomic E-state index is 11.0. The summed E-state index contributed by atoms with van der Waals surface area (Å²) in [4.78, 5) is 11.0. The Kier molecular flexibility index (Phi) is 2.93. The molecule has 1 rings (SSSR count). The van der Waals surface area contributed by atoms with E-state index in [-0.39, 0.29) is 9.90 Å². The molecule has 0 unspecified atom stereocenters. The van der Waals surface area contributed by atoms with Gasteiger partial charge in [0.05, 0.1) is 9.90 Å². The number of carbonyl (C=O) groups is 1. The van der Waals surface area contributed by atoms with Crippen LogP contribution in [0.4, 0.5) is 0 Å². The van der Waals surface area contributed by atoms with E-state index in [0.717, 1.165) is 11.3 Å². The number of rotatable bonds is 1. The molecule has 0 radical (unpaired) electrons. The topological polar surface area (TPSA) is 52.9 Å². The number of nitrogens with one attached hydrogen (secondary N) is 1. The zero-order valence-corrected chi connectivity index (χ0v) is 7.93. The molecule has 0 aromatic carbocycles. The van der Waals surface area contributed by atoms with E-state index in [1.807, 2.05) is 5.32 Å². The van der Waals surface area contributed by atoms with Crippen LogP contribution in [0.5, 0.6) is 0 Å². The lowest BCUT2D eigenvalue weighted by Crippen LogP contribution is -2.16. The van der Waals surface area contributed by atoms with Crippen LogP contribution in [0.15, 0.2) is 6.07 Å². The van der Waals surface area contributed by atoms with Crippen molar-refractivity contribution in [3.8, 4) is 6.19 Å². The van der Waals surface area contributed by atoms with E-state index in [2.05, 4.69) is 0 Å². The third kappa shape index (κ3) is 1.89. The largest absolute Gasteiger partial charge is 0.268 e. The maximum Gasteiger partial charge on any atom is 0.266 e. The van der Waals surface area contributed by atoms with Gasteiger partial charge in [-0.25, -0.2) is 0 Å². The standard InChI is InChI=1S/C6H2Cl2N2OS/c7-4-1-3(5(8)12-4)6(11)10-2-9/h1H,(H,10,11). The zero-order chi connectivity index (χ0) is 9.14. The van der Waals surface area contributed by atoms with Gasteiger partial charge in [0.1, 0.15) is 4.34 Å². The number of hydrogen-bond acceptors (Lipinski definition) is 3. The van der Waals surface area contributed by atoms with Crippen LogP contribution in [-0.4, -0.2) is 5.91 Å². The van der Waals surface area contributed by atoms with Crippen LogP contribution in [0.25, 0.3) is 0 Å². The quantitative estimate of drug-likeness (QED) is 0.584. The van der Waals surface area contributed by atoms with Crippen molar-refractivity contribution in [3.05, 3.63) is 20.3 Å². The van der Waals surface area contributed by atoms with Crippen molar-refractivity contribution in [1.82, 2.24) is 5.32 Å². The highest BCUT2D eigenvalue weighted by molar-refractivity contribution is 7.20. The van der Waals surface area contributed by atoms with Crippen molar-refractivity contribution >= 4 is 40.4 Å².